The van der Waals surface area contributed by atoms with Crippen LogP contribution < -0.4 is 5.32 Å². The van der Waals surface area contributed by atoms with Crippen LogP contribution in [-0.2, 0) is 0 Å². The van der Waals surface area contributed by atoms with Crippen molar-refractivity contribution >= 4 is 0 Å². The molecule has 3 aliphatic carbocycles. The van der Waals surface area contributed by atoms with Crippen LogP contribution >= 0.6 is 0 Å². The van der Waals surface area contributed by atoms with E-state index in [1.54, 1.807) is 0 Å². The molecule has 3 rings (SSSR count). The Kier molecular flexibility index (Phi) is 2.29. The van der Waals surface area contributed by atoms with Crippen molar-refractivity contribution in [3.05, 3.63) is 0 Å². The van der Waals surface area contributed by atoms with Crippen LogP contribution in [0, 0.1) is 17.8 Å². The molecule has 0 saturated heterocycles. The highest BCUT2D eigenvalue weighted by molar-refractivity contribution is 4.97. The van der Waals surface area contributed by atoms with Crippen LogP contribution in [0.3, 0.4) is 0 Å². The predicted molar refractivity (Wildman–Crippen MR) is 56.0 cm³/mol. The molecule has 3 aliphatic rings. The fourth-order valence-electron chi connectivity index (χ4n) is 3.50. The molecule has 2 heteroatoms. The molecule has 4 atom stereocenters. The number of hydrogen-bond acceptors (Lipinski definition) is 2. The SMILES string of the molecule is OC1CCCC1NCC1CC2CC2C1. The summed E-state index contributed by atoms with van der Waals surface area (Å²) in [4.78, 5) is 0. The van der Waals surface area contributed by atoms with Gasteiger partial charge in [0.05, 0.1) is 6.10 Å². The second kappa shape index (κ2) is 3.49. The quantitative estimate of drug-likeness (QED) is 0.716. The summed E-state index contributed by atoms with van der Waals surface area (Å²) in [6.07, 6.45) is 7.76. The van der Waals surface area contributed by atoms with Gasteiger partial charge >= 0.3 is 0 Å². The van der Waals surface area contributed by atoms with Gasteiger partial charge in [-0.1, -0.05) is 0 Å². The summed E-state index contributed by atoms with van der Waals surface area (Å²) < 4.78 is 0. The lowest BCUT2D eigenvalue weighted by molar-refractivity contribution is 0.146. The third-order valence-electron chi connectivity index (χ3n) is 4.49. The van der Waals surface area contributed by atoms with E-state index in [1.165, 1.54) is 32.1 Å². The number of hydrogen-bond donors (Lipinski definition) is 2. The van der Waals surface area contributed by atoms with E-state index in [1.807, 2.05) is 0 Å². The smallest absolute Gasteiger partial charge is 0.0693 e. The topological polar surface area (TPSA) is 32.3 Å². The van der Waals surface area contributed by atoms with Gasteiger partial charge in [-0.25, -0.2) is 0 Å². The molecule has 14 heavy (non-hydrogen) atoms. The molecule has 0 aromatic heterocycles. The summed E-state index contributed by atoms with van der Waals surface area (Å²) in [6, 6.07) is 0.409. The molecule has 2 N–H and O–H groups in total. The van der Waals surface area contributed by atoms with E-state index in [-0.39, 0.29) is 6.10 Å². The molecule has 4 unspecified atom stereocenters. The zero-order chi connectivity index (χ0) is 9.54. The van der Waals surface area contributed by atoms with Crippen LogP contribution in [-0.4, -0.2) is 23.8 Å². The lowest BCUT2D eigenvalue weighted by Gasteiger charge is -2.20. The Hall–Kier alpha value is -0.0800. The predicted octanol–water partition coefficient (Wildman–Crippen LogP) is 1.54. The first-order valence-corrected chi connectivity index (χ1v) is 6.24. The zero-order valence-electron chi connectivity index (χ0n) is 8.78. The first-order chi connectivity index (χ1) is 6.83. The van der Waals surface area contributed by atoms with Gasteiger partial charge < -0.3 is 10.4 Å². The Morgan fingerprint density at radius 3 is 2.50 bits per heavy atom. The normalized spacial score (nSPS) is 50.8. The van der Waals surface area contributed by atoms with Crippen LogP contribution in [0.5, 0.6) is 0 Å². The Balaban J connectivity index is 1.41. The molecule has 0 spiro atoms. The zero-order valence-corrected chi connectivity index (χ0v) is 8.78. The van der Waals surface area contributed by atoms with Gasteiger partial charge in [-0.05, 0) is 62.8 Å². The fraction of sp³-hybridized carbons (Fsp3) is 1.00. The number of aliphatic hydroxyl groups excluding tert-OH is 1. The Morgan fingerprint density at radius 1 is 1.07 bits per heavy atom. The van der Waals surface area contributed by atoms with Crippen LogP contribution in [0.25, 0.3) is 0 Å². The Labute approximate surface area is 86.1 Å². The maximum Gasteiger partial charge on any atom is 0.0693 e. The van der Waals surface area contributed by atoms with Crippen LogP contribution in [0.2, 0.25) is 0 Å². The largest absolute Gasteiger partial charge is 0.392 e. The molecule has 80 valence electrons. The van der Waals surface area contributed by atoms with Crippen molar-refractivity contribution in [2.24, 2.45) is 17.8 Å². The van der Waals surface area contributed by atoms with E-state index >= 15 is 0 Å². The lowest BCUT2D eigenvalue weighted by atomic mass is 10.0. The van der Waals surface area contributed by atoms with E-state index in [0.29, 0.717) is 6.04 Å². The number of fused-ring (bicyclic) bond motifs is 1. The van der Waals surface area contributed by atoms with Crippen molar-refractivity contribution in [1.29, 1.82) is 0 Å². The van der Waals surface area contributed by atoms with Crippen molar-refractivity contribution < 1.29 is 5.11 Å². The molecular formula is C12H21NO. The number of rotatable bonds is 3. The van der Waals surface area contributed by atoms with E-state index in [4.69, 9.17) is 0 Å². The van der Waals surface area contributed by atoms with Gasteiger partial charge in [0.1, 0.15) is 0 Å². The molecule has 3 fully saturated rings. The second-order valence-corrected chi connectivity index (χ2v) is 5.61. The molecule has 0 amide bonds. The maximum absolute atomic E-state index is 9.66. The molecule has 0 heterocycles. The summed E-state index contributed by atoms with van der Waals surface area (Å²) >= 11 is 0. The molecule has 0 aromatic carbocycles. The standard InChI is InChI=1S/C12H21NO/c14-12-3-1-2-11(12)13-7-8-4-9-6-10(9)5-8/h8-14H,1-7H2. The minimum atomic E-state index is -0.0639. The molecule has 0 aromatic rings. The summed E-state index contributed by atoms with van der Waals surface area (Å²) in [5.74, 6) is 3.11. The van der Waals surface area contributed by atoms with Crippen molar-refractivity contribution in [1.82, 2.24) is 5.32 Å². The molecule has 0 aliphatic heterocycles. The Bertz CT molecular complexity index is 208. The monoisotopic (exact) mass is 195 g/mol. The summed E-state index contributed by atoms with van der Waals surface area (Å²) in [6.45, 7) is 1.16. The minimum Gasteiger partial charge on any atom is -0.392 e. The van der Waals surface area contributed by atoms with E-state index in [9.17, 15) is 5.11 Å². The van der Waals surface area contributed by atoms with Crippen molar-refractivity contribution in [2.75, 3.05) is 6.54 Å². The second-order valence-electron chi connectivity index (χ2n) is 5.61. The number of aliphatic hydroxyl groups is 1. The molecule has 2 nitrogen and oxygen atoms in total. The third kappa shape index (κ3) is 1.70. The van der Waals surface area contributed by atoms with Crippen LogP contribution in [0.15, 0.2) is 0 Å². The summed E-state index contributed by atoms with van der Waals surface area (Å²) in [5, 5.41) is 13.2. The molecule has 0 radical (unpaired) electrons. The van der Waals surface area contributed by atoms with E-state index < -0.39 is 0 Å². The van der Waals surface area contributed by atoms with Gasteiger partial charge in [-0.2, -0.15) is 0 Å². The molecule has 3 saturated carbocycles. The van der Waals surface area contributed by atoms with Gasteiger partial charge in [-0.15, -0.1) is 0 Å². The lowest BCUT2D eigenvalue weighted by Crippen LogP contribution is -2.38. The highest BCUT2D eigenvalue weighted by Crippen LogP contribution is 2.54. The summed E-state index contributed by atoms with van der Waals surface area (Å²) in [7, 11) is 0. The molecule has 0 bridgehead atoms. The maximum atomic E-state index is 9.66. The van der Waals surface area contributed by atoms with Gasteiger partial charge in [0.25, 0.3) is 0 Å². The minimum absolute atomic E-state index is 0.0639. The Morgan fingerprint density at radius 2 is 1.86 bits per heavy atom. The average Bonchev–Trinajstić information content (AvgIpc) is 2.61. The average molecular weight is 195 g/mol. The van der Waals surface area contributed by atoms with Gasteiger partial charge in [0.2, 0.25) is 0 Å². The first kappa shape index (κ1) is 9.17. The van der Waals surface area contributed by atoms with Crippen molar-refractivity contribution in [3.8, 4) is 0 Å². The number of nitrogens with one attached hydrogen (secondary N) is 1. The van der Waals surface area contributed by atoms with Gasteiger partial charge in [0.15, 0.2) is 0 Å². The van der Waals surface area contributed by atoms with Crippen LogP contribution in [0.1, 0.15) is 38.5 Å². The van der Waals surface area contributed by atoms with Crippen LogP contribution in [0.4, 0.5) is 0 Å². The van der Waals surface area contributed by atoms with Crippen molar-refractivity contribution in [3.63, 3.8) is 0 Å². The highest BCUT2D eigenvalue weighted by atomic mass is 16.3. The van der Waals surface area contributed by atoms with E-state index in [0.717, 1.165) is 30.7 Å². The third-order valence-corrected chi connectivity index (χ3v) is 4.49. The van der Waals surface area contributed by atoms with E-state index in [2.05, 4.69) is 5.32 Å². The van der Waals surface area contributed by atoms with Gasteiger partial charge in [0, 0.05) is 6.04 Å². The highest BCUT2D eigenvalue weighted by Gasteiger charge is 2.45. The molecular weight excluding hydrogens is 174 g/mol. The van der Waals surface area contributed by atoms with Gasteiger partial charge in [-0.3, -0.25) is 0 Å². The van der Waals surface area contributed by atoms with Crippen molar-refractivity contribution in [2.45, 2.75) is 50.7 Å². The fourth-order valence-corrected chi connectivity index (χ4v) is 3.50. The summed E-state index contributed by atoms with van der Waals surface area (Å²) in [5.41, 5.74) is 0. The first-order valence-electron chi connectivity index (χ1n) is 6.24.